The lowest BCUT2D eigenvalue weighted by atomic mass is 10.2. The number of rotatable bonds is 6. The molecule has 0 aromatic carbocycles. The average molecular weight is 260 g/mol. The molecule has 6 heteroatoms. The summed E-state index contributed by atoms with van der Waals surface area (Å²) in [5.41, 5.74) is 6.55. The van der Waals surface area contributed by atoms with E-state index in [0.29, 0.717) is 19.6 Å². The van der Waals surface area contributed by atoms with E-state index in [2.05, 4.69) is 0 Å². The molecule has 0 amide bonds. The number of sulfone groups is 1. The van der Waals surface area contributed by atoms with Gasteiger partial charge in [-0.05, 0) is 20.0 Å². The van der Waals surface area contributed by atoms with Crippen LogP contribution in [0, 0.1) is 6.92 Å². The van der Waals surface area contributed by atoms with Gasteiger partial charge in [0.1, 0.15) is 21.4 Å². The Bertz CT molecular complexity index is 465. The van der Waals surface area contributed by atoms with Crippen molar-refractivity contribution in [3.63, 3.8) is 0 Å². The zero-order chi connectivity index (χ0) is 13.1. The van der Waals surface area contributed by atoms with E-state index in [1.54, 1.807) is 0 Å². The van der Waals surface area contributed by atoms with E-state index in [9.17, 15) is 8.42 Å². The maximum atomic E-state index is 11.0. The van der Waals surface area contributed by atoms with Crippen LogP contribution in [0.1, 0.15) is 17.1 Å². The van der Waals surface area contributed by atoms with Crippen LogP contribution in [0.2, 0.25) is 0 Å². The first-order valence-corrected chi connectivity index (χ1v) is 7.52. The van der Waals surface area contributed by atoms with Crippen molar-refractivity contribution in [1.29, 1.82) is 0 Å². The summed E-state index contributed by atoms with van der Waals surface area (Å²) in [6.07, 6.45) is 1.25. The van der Waals surface area contributed by atoms with E-state index in [0.717, 1.165) is 17.1 Å². The standard InChI is InChI=1S/C11H20N2O3S/c1-9-10(6-11(7-12)16-9)8-13(2)4-5-17(3,14)15/h6H,4-5,7-8,12H2,1-3H3. The first-order valence-electron chi connectivity index (χ1n) is 5.46. The Balaban J connectivity index is 2.55. The molecule has 0 aliphatic rings. The number of hydrogen-bond acceptors (Lipinski definition) is 5. The molecule has 1 aromatic rings. The number of furan rings is 1. The molecule has 17 heavy (non-hydrogen) atoms. The molecule has 98 valence electrons. The van der Waals surface area contributed by atoms with Crippen molar-refractivity contribution in [2.45, 2.75) is 20.0 Å². The summed E-state index contributed by atoms with van der Waals surface area (Å²) >= 11 is 0. The molecule has 1 rings (SSSR count). The molecule has 0 unspecified atom stereocenters. The third-order valence-corrected chi connectivity index (χ3v) is 3.48. The highest BCUT2D eigenvalue weighted by molar-refractivity contribution is 7.90. The lowest BCUT2D eigenvalue weighted by Gasteiger charge is -2.15. The monoisotopic (exact) mass is 260 g/mol. The third kappa shape index (κ3) is 4.89. The zero-order valence-corrected chi connectivity index (χ0v) is 11.4. The minimum absolute atomic E-state index is 0.171. The molecule has 0 spiro atoms. The molecule has 1 aromatic heterocycles. The number of hydrogen-bond donors (Lipinski definition) is 1. The fourth-order valence-corrected chi connectivity index (χ4v) is 2.18. The predicted molar refractivity (Wildman–Crippen MR) is 67.4 cm³/mol. The van der Waals surface area contributed by atoms with Crippen LogP contribution in [-0.4, -0.2) is 38.9 Å². The van der Waals surface area contributed by atoms with Gasteiger partial charge in [0.25, 0.3) is 0 Å². The molecule has 0 fully saturated rings. The normalized spacial score (nSPS) is 12.3. The second-order valence-corrected chi connectivity index (χ2v) is 6.63. The number of aryl methyl sites for hydroxylation is 1. The maximum absolute atomic E-state index is 11.0. The quantitative estimate of drug-likeness (QED) is 0.807. The van der Waals surface area contributed by atoms with Crippen LogP contribution >= 0.6 is 0 Å². The first kappa shape index (κ1) is 14.2. The summed E-state index contributed by atoms with van der Waals surface area (Å²) in [6.45, 7) is 3.46. The second kappa shape index (κ2) is 5.66. The van der Waals surface area contributed by atoms with E-state index >= 15 is 0 Å². The van der Waals surface area contributed by atoms with Crippen LogP contribution in [0.15, 0.2) is 10.5 Å². The fraction of sp³-hybridized carbons (Fsp3) is 0.636. The van der Waals surface area contributed by atoms with Gasteiger partial charge in [-0.1, -0.05) is 0 Å². The summed E-state index contributed by atoms with van der Waals surface area (Å²) in [6, 6.07) is 1.92. The minimum atomic E-state index is -2.91. The van der Waals surface area contributed by atoms with E-state index in [1.165, 1.54) is 6.26 Å². The predicted octanol–water partition coefficient (Wildman–Crippen LogP) is 0.523. The molecule has 0 aliphatic carbocycles. The maximum Gasteiger partial charge on any atom is 0.148 e. The van der Waals surface area contributed by atoms with E-state index in [4.69, 9.17) is 10.2 Å². The molecular formula is C11H20N2O3S. The SMILES string of the molecule is Cc1oc(CN)cc1CN(C)CCS(C)(=O)=O. The van der Waals surface area contributed by atoms with Crippen LogP contribution in [0.25, 0.3) is 0 Å². The van der Waals surface area contributed by atoms with Crippen molar-refractivity contribution in [3.8, 4) is 0 Å². The Morgan fingerprint density at radius 2 is 2.12 bits per heavy atom. The van der Waals surface area contributed by atoms with Gasteiger partial charge in [-0.15, -0.1) is 0 Å². The Morgan fingerprint density at radius 3 is 2.59 bits per heavy atom. The highest BCUT2D eigenvalue weighted by Gasteiger charge is 2.10. The van der Waals surface area contributed by atoms with Crippen molar-refractivity contribution >= 4 is 9.84 Å². The van der Waals surface area contributed by atoms with Crippen molar-refractivity contribution in [1.82, 2.24) is 4.90 Å². The lowest BCUT2D eigenvalue weighted by molar-refractivity contribution is 0.342. The topological polar surface area (TPSA) is 76.5 Å². The molecule has 1 heterocycles. The third-order valence-electron chi connectivity index (χ3n) is 2.56. The van der Waals surface area contributed by atoms with Crippen molar-refractivity contribution in [2.24, 2.45) is 5.73 Å². The van der Waals surface area contributed by atoms with Gasteiger partial charge in [-0.3, -0.25) is 0 Å². The van der Waals surface area contributed by atoms with E-state index in [1.807, 2.05) is 24.9 Å². The van der Waals surface area contributed by atoms with Crippen molar-refractivity contribution in [3.05, 3.63) is 23.2 Å². The molecule has 0 saturated carbocycles. The van der Waals surface area contributed by atoms with Crippen LogP contribution in [0.5, 0.6) is 0 Å². The Hall–Kier alpha value is -0.850. The summed E-state index contributed by atoms with van der Waals surface area (Å²) in [7, 11) is -1.02. The Labute approximate surface area is 103 Å². The highest BCUT2D eigenvalue weighted by Crippen LogP contribution is 2.15. The molecule has 5 nitrogen and oxygen atoms in total. The van der Waals surface area contributed by atoms with Crippen molar-refractivity contribution in [2.75, 3.05) is 25.6 Å². The van der Waals surface area contributed by atoms with Gasteiger partial charge >= 0.3 is 0 Å². The lowest BCUT2D eigenvalue weighted by Crippen LogP contribution is -2.24. The van der Waals surface area contributed by atoms with Crippen LogP contribution in [0.4, 0.5) is 0 Å². The summed E-state index contributed by atoms with van der Waals surface area (Å²) in [4.78, 5) is 1.96. The highest BCUT2D eigenvalue weighted by atomic mass is 32.2. The molecule has 2 N–H and O–H groups in total. The van der Waals surface area contributed by atoms with Crippen LogP contribution in [0.3, 0.4) is 0 Å². The summed E-state index contributed by atoms with van der Waals surface area (Å²) < 4.78 is 27.5. The molecule has 0 bridgehead atoms. The van der Waals surface area contributed by atoms with E-state index in [-0.39, 0.29) is 5.75 Å². The van der Waals surface area contributed by atoms with E-state index < -0.39 is 9.84 Å². The molecular weight excluding hydrogens is 240 g/mol. The van der Waals surface area contributed by atoms with Gasteiger partial charge in [0.05, 0.1) is 12.3 Å². The molecule has 0 atom stereocenters. The van der Waals surface area contributed by atoms with Gasteiger partial charge in [0, 0.05) is 24.9 Å². The summed E-state index contributed by atoms with van der Waals surface area (Å²) in [5.74, 6) is 1.77. The van der Waals surface area contributed by atoms with Crippen LogP contribution < -0.4 is 5.73 Å². The Morgan fingerprint density at radius 1 is 1.47 bits per heavy atom. The van der Waals surface area contributed by atoms with Gasteiger partial charge < -0.3 is 15.1 Å². The zero-order valence-electron chi connectivity index (χ0n) is 10.6. The van der Waals surface area contributed by atoms with Crippen molar-refractivity contribution < 1.29 is 12.8 Å². The van der Waals surface area contributed by atoms with Gasteiger partial charge in [-0.2, -0.15) is 0 Å². The average Bonchev–Trinajstić information content (AvgIpc) is 2.56. The number of nitrogens with zero attached hydrogens (tertiary/aromatic N) is 1. The Kier molecular flexibility index (Phi) is 4.73. The fourth-order valence-electron chi connectivity index (χ4n) is 1.54. The largest absolute Gasteiger partial charge is 0.465 e. The second-order valence-electron chi connectivity index (χ2n) is 4.37. The molecule has 0 radical (unpaired) electrons. The summed E-state index contributed by atoms with van der Waals surface area (Å²) in [5, 5.41) is 0. The van der Waals surface area contributed by atoms with Gasteiger partial charge in [0.15, 0.2) is 0 Å². The molecule has 0 aliphatic heterocycles. The smallest absolute Gasteiger partial charge is 0.148 e. The van der Waals surface area contributed by atoms with Gasteiger partial charge in [0.2, 0.25) is 0 Å². The molecule has 0 saturated heterocycles. The van der Waals surface area contributed by atoms with Crippen LogP contribution in [-0.2, 0) is 22.9 Å². The first-order chi connectivity index (χ1) is 7.81. The minimum Gasteiger partial charge on any atom is -0.465 e. The van der Waals surface area contributed by atoms with Gasteiger partial charge in [-0.25, -0.2) is 8.42 Å². The number of nitrogens with two attached hydrogens (primary N) is 1.